The minimum absolute atomic E-state index is 0.703. The first-order chi connectivity index (χ1) is 9.79. The lowest BCUT2D eigenvalue weighted by Gasteiger charge is -2.13. The minimum atomic E-state index is 0.703. The Kier molecular flexibility index (Phi) is 5.88. The summed E-state index contributed by atoms with van der Waals surface area (Å²) in [5.41, 5.74) is 6.49. The molecule has 0 bridgehead atoms. The van der Waals surface area contributed by atoms with Gasteiger partial charge in [0.05, 0.1) is 0 Å². The molecular formula is C20H30. The zero-order chi connectivity index (χ0) is 14.4. The van der Waals surface area contributed by atoms with Gasteiger partial charge in [-0.25, -0.2) is 0 Å². The minimum Gasteiger partial charge on any atom is -0.0654 e. The van der Waals surface area contributed by atoms with Crippen LogP contribution < -0.4 is 0 Å². The van der Waals surface area contributed by atoms with Crippen LogP contribution in [0.25, 0.3) is 5.57 Å². The lowest BCUT2D eigenvalue weighted by Crippen LogP contribution is -1.97. The maximum atomic E-state index is 2.39. The van der Waals surface area contributed by atoms with Crippen LogP contribution in [0.15, 0.2) is 29.8 Å². The normalized spacial score (nSPS) is 17.6. The molecule has 0 aliphatic heterocycles. The first-order valence-corrected chi connectivity index (χ1v) is 8.58. The van der Waals surface area contributed by atoms with Gasteiger partial charge in [0.2, 0.25) is 0 Å². The van der Waals surface area contributed by atoms with Crippen molar-refractivity contribution >= 4 is 5.57 Å². The highest BCUT2D eigenvalue weighted by Gasteiger charge is 2.27. The van der Waals surface area contributed by atoms with Gasteiger partial charge < -0.3 is 0 Å². The third-order valence-corrected chi connectivity index (χ3v) is 4.79. The largest absolute Gasteiger partial charge is 0.0654 e. The highest BCUT2D eigenvalue weighted by Crippen LogP contribution is 2.45. The molecule has 2 rings (SSSR count). The van der Waals surface area contributed by atoms with Crippen molar-refractivity contribution in [3.8, 4) is 0 Å². The summed E-state index contributed by atoms with van der Waals surface area (Å²) in [5, 5.41) is 0. The molecule has 0 nitrogen and oxygen atoms in total. The van der Waals surface area contributed by atoms with Gasteiger partial charge in [0.1, 0.15) is 0 Å². The molecule has 0 fully saturated rings. The van der Waals surface area contributed by atoms with Gasteiger partial charge in [-0.1, -0.05) is 75.8 Å². The number of allylic oxidation sites excluding steroid dienone is 2. The van der Waals surface area contributed by atoms with E-state index in [0.29, 0.717) is 5.92 Å². The van der Waals surface area contributed by atoms with Crippen molar-refractivity contribution in [1.29, 1.82) is 0 Å². The number of hydrogen-bond acceptors (Lipinski definition) is 0. The second-order valence-electron chi connectivity index (χ2n) is 6.25. The SMILES string of the molecule is CCCCCC1=C(C)C(CCCCC)c2ccccc21. The molecule has 0 N–H and O–H groups in total. The number of benzene rings is 1. The molecule has 20 heavy (non-hydrogen) atoms. The molecule has 0 heteroatoms. The fourth-order valence-corrected chi connectivity index (χ4v) is 3.59. The van der Waals surface area contributed by atoms with Crippen LogP contribution in [0.4, 0.5) is 0 Å². The summed E-state index contributed by atoms with van der Waals surface area (Å²) < 4.78 is 0. The predicted molar refractivity (Wildman–Crippen MR) is 90.1 cm³/mol. The Morgan fingerprint density at radius 3 is 2.35 bits per heavy atom. The molecule has 0 radical (unpaired) electrons. The van der Waals surface area contributed by atoms with Crippen LogP contribution in [-0.2, 0) is 0 Å². The second kappa shape index (κ2) is 7.67. The summed E-state index contributed by atoms with van der Waals surface area (Å²) in [6.07, 6.45) is 10.7. The molecule has 0 saturated carbocycles. The lowest BCUT2D eigenvalue weighted by atomic mass is 9.91. The summed E-state index contributed by atoms with van der Waals surface area (Å²) in [4.78, 5) is 0. The first-order valence-electron chi connectivity index (χ1n) is 8.58. The number of hydrogen-bond donors (Lipinski definition) is 0. The molecule has 0 saturated heterocycles. The van der Waals surface area contributed by atoms with E-state index in [1.165, 1.54) is 51.4 Å². The molecule has 1 aliphatic carbocycles. The monoisotopic (exact) mass is 270 g/mol. The van der Waals surface area contributed by atoms with Gasteiger partial charge >= 0.3 is 0 Å². The average molecular weight is 270 g/mol. The van der Waals surface area contributed by atoms with E-state index < -0.39 is 0 Å². The van der Waals surface area contributed by atoms with E-state index in [2.05, 4.69) is 45.0 Å². The highest BCUT2D eigenvalue weighted by atomic mass is 14.3. The molecule has 1 aromatic rings. The highest BCUT2D eigenvalue weighted by molar-refractivity contribution is 5.77. The van der Waals surface area contributed by atoms with Gasteiger partial charge in [-0.05, 0) is 42.9 Å². The Bertz CT molecular complexity index is 453. The molecule has 1 atom stereocenters. The molecule has 0 heterocycles. The van der Waals surface area contributed by atoms with Gasteiger partial charge in [0.15, 0.2) is 0 Å². The molecule has 1 aliphatic rings. The van der Waals surface area contributed by atoms with E-state index in [1.807, 2.05) is 0 Å². The smallest absolute Gasteiger partial charge is 0.00574 e. The van der Waals surface area contributed by atoms with Crippen LogP contribution in [0.2, 0.25) is 0 Å². The van der Waals surface area contributed by atoms with E-state index in [0.717, 1.165) is 0 Å². The third kappa shape index (κ3) is 3.34. The van der Waals surface area contributed by atoms with E-state index in [-0.39, 0.29) is 0 Å². The van der Waals surface area contributed by atoms with Crippen LogP contribution in [0, 0.1) is 0 Å². The Hall–Kier alpha value is -1.04. The van der Waals surface area contributed by atoms with E-state index >= 15 is 0 Å². The topological polar surface area (TPSA) is 0 Å². The van der Waals surface area contributed by atoms with Crippen LogP contribution in [0.3, 0.4) is 0 Å². The first kappa shape index (κ1) is 15.4. The van der Waals surface area contributed by atoms with Gasteiger partial charge in [-0.15, -0.1) is 0 Å². The van der Waals surface area contributed by atoms with Gasteiger partial charge in [0.25, 0.3) is 0 Å². The van der Waals surface area contributed by atoms with Crippen molar-refractivity contribution in [1.82, 2.24) is 0 Å². The van der Waals surface area contributed by atoms with Crippen molar-refractivity contribution in [3.05, 3.63) is 41.0 Å². The van der Waals surface area contributed by atoms with Crippen molar-refractivity contribution < 1.29 is 0 Å². The van der Waals surface area contributed by atoms with Crippen molar-refractivity contribution in [2.45, 2.75) is 78.1 Å². The molecule has 0 aromatic heterocycles. The molecular weight excluding hydrogens is 240 g/mol. The summed E-state index contributed by atoms with van der Waals surface area (Å²) in [7, 11) is 0. The van der Waals surface area contributed by atoms with Gasteiger partial charge in [-0.3, -0.25) is 0 Å². The number of unbranched alkanes of at least 4 members (excludes halogenated alkanes) is 4. The fourth-order valence-electron chi connectivity index (χ4n) is 3.59. The average Bonchev–Trinajstić information content (AvgIpc) is 2.73. The van der Waals surface area contributed by atoms with Crippen LogP contribution in [0.1, 0.15) is 89.2 Å². The molecule has 1 unspecified atom stereocenters. The van der Waals surface area contributed by atoms with E-state index in [1.54, 1.807) is 22.3 Å². The van der Waals surface area contributed by atoms with E-state index in [4.69, 9.17) is 0 Å². The van der Waals surface area contributed by atoms with E-state index in [9.17, 15) is 0 Å². The lowest BCUT2D eigenvalue weighted by molar-refractivity contribution is 0.617. The third-order valence-electron chi connectivity index (χ3n) is 4.79. The zero-order valence-electron chi connectivity index (χ0n) is 13.5. The van der Waals surface area contributed by atoms with Gasteiger partial charge in [-0.2, -0.15) is 0 Å². The Morgan fingerprint density at radius 2 is 1.60 bits per heavy atom. The molecule has 1 aromatic carbocycles. The van der Waals surface area contributed by atoms with Gasteiger partial charge in [0, 0.05) is 5.92 Å². The maximum Gasteiger partial charge on any atom is 0.00574 e. The molecule has 0 amide bonds. The van der Waals surface area contributed by atoms with Crippen molar-refractivity contribution in [2.24, 2.45) is 0 Å². The number of rotatable bonds is 8. The summed E-state index contributed by atoms with van der Waals surface area (Å²) in [6.45, 7) is 6.97. The van der Waals surface area contributed by atoms with Crippen LogP contribution >= 0.6 is 0 Å². The Labute approximate surface area is 125 Å². The summed E-state index contributed by atoms with van der Waals surface area (Å²) in [5.74, 6) is 0.703. The Balaban J connectivity index is 2.15. The van der Waals surface area contributed by atoms with Crippen molar-refractivity contribution in [3.63, 3.8) is 0 Å². The quantitative estimate of drug-likeness (QED) is 0.460. The van der Waals surface area contributed by atoms with Crippen LogP contribution in [0.5, 0.6) is 0 Å². The zero-order valence-corrected chi connectivity index (χ0v) is 13.5. The standard InChI is InChI=1S/C20H30/c1-4-6-8-12-17-16(3)18(13-9-7-5-2)20-15-11-10-14-19(17)20/h10-11,14-15,17H,4-9,12-13H2,1-3H3. The molecule has 0 spiro atoms. The van der Waals surface area contributed by atoms with Crippen molar-refractivity contribution in [2.75, 3.05) is 0 Å². The second-order valence-corrected chi connectivity index (χ2v) is 6.25. The summed E-state index contributed by atoms with van der Waals surface area (Å²) >= 11 is 0. The van der Waals surface area contributed by atoms with Crippen LogP contribution in [-0.4, -0.2) is 0 Å². The molecule has 110 valence electrons. The fraction of sp³-hybridized carbons (Fsp3) is 0.600. The predicted octanol–water partition coefficient (Wildman–Crippen LogP) is 6.72. The maximum absolute atomic E-state index is 2.39. The number of fused-ring (bicyclic) bond motifs is 1. The Morgan fingerprint density at radius 1 is 0.900 bits per heavy atom. The summed E-state index contributed by atoms with van der Waals surface area (Å²) in [6, 6.07) is 9.14.